The largest absolute Gasteiger partial charge is 0.497 e. The van der Waals surface area contributed by atoms with Crippen molar-refractivity contribution in [3.8, 4) is 17.4 Å². The Morgan fingerprint density at radius 3 is 2.38 bits per heavy atom. The van der Waals surface area contributed by atoms with Gasteiger partial charge in [0, 0.05) is 39.4 Å². The summed E-state index contributed by atoms with van der Waals surface area (Å²) in [6, 6.07) is 20.7. The van der Waals surface area contributed by atoms with E-state index in [9.17, 15) is 4.79 Å². The van der Waals surface area contributed by atoms with E-state index in [0.29, 0.717) is 23.2 Å². The van der Waals surface area contributed by atoms with E-state index in [-0.39, 0.29) is 6.04 Å². The van der Waals surface area contributed by atoms with Crippen LogP contribution in [-0.2, 0) is 11.2 Å². The minimum absolute atomic E-state index is 0.193. The summed E-state index contributed by atoms with van der Waals surface area (Å²) in [6.45, 7) is 4.39. The van der Waals surface area contributed by atoms with Crippen LogP contribution in [0.4, 0.5) is 0 Å². The van der Waals surface area contributed by atoms with E-state index in [1.165, 1.54) is 5.56 Å². The molecule has 1 atom stereocenters. The number of carbonyl (C=O) groups excluding carboxylic acids is 1. The number of aryl methyl sites for hydroxylation is 2. The van der Waals surface area contributed by atoms with Crippen molar-refractivity contribution in [1.82, 2.24) is 19.9 Å². The Balaban J connectivity index is 0.000000306. The third kappa shape index (κ3) is 5.91. The van der Waals surface area contributed by atoms with Crippen molar-refractivity contribution in [2.75, 3.05) is 13.7 Å². The SMILES string of the molecule is COc1ccc(Cl)cc1.Cc1cnc(C)c(Oc2ccc([C@H]3c4[nH]c5ccc(Cl)cc5c4CCN3C=O)cc2)n1. The molecular weight excluding hydrogens is 547 g/mol. The normalized spacial score (nSPS) is 14.2. The molecule has 1 N–H and O–H groups in total. The fourth-order valence-corrected chi connectivity index (χ4v) is 5.06. The molecule has 3 aromatic carbocycles. The molecule has 0 fully saturated rings. The highest BCUT2D eigenvalue weighted by molar-refractivity contribution is 6.31. The van der Waals surface area contributed by atoms with Crippen molar-refractivity contribution in [2.24, 2.45) is 0 Å². The fourth-order valence-electron chi connectivity index (χ4n) is 4.76. The lowest BCUT2D eigenvalue weighted by atomic mass is 9.93. The summed E-state index contributed by atoms with van der Waals surface area (Å²) >= 11 is 11.8. The molecule has 0 aliphatic carbocycles. The van der Waals surface area contributed by atoms with Crippen LogP contribution in [0.25, 0.3) is 10.9 Å². The first-order valence-electron chi connectivity index (χ1n) is 12.7. The molecule has 0 saturated carbocycles. The second kappa shape index (κ2) is 12.0. The highest BCUT2D eigenvalue weighted by Crippen LogP contribution is 2.39. The van der Waals surface area contributed by atoms with E-state index in [2.05, 4.69) is 15.0 Å². The topological polar surface area (TPSA) is 80.3 Å². The lowest BCUT2D eigenvalue weighted by Gasteiger charge is -2.33. The number of ether oxygens (including phenoxy) is 2. The Labute approximate surface area is 242 Å². The molecular formula is C31H28Cl2N4O3. The molecule has 5 aromatic rings. The number of H-pyrrole nitrogens is 1. The number of carbonyl (C=O) groups is 1. The zero-order valence-corrected chi connectivity index (χ0v) is 23.8. The minimum Gasteiger partial charge on any atom is -0.497 e. The van der Waals surface area contributed by atoms with Crippen LogP contribution in [0, 0.1) is 13.8 Å². The molecule has 0 saturated heterocycles. The average molecular weight is 575 g/mol. The molecule has 1 aliphatic rings. The van der Waals surface area contributed by atoms with Crippen LogP contribution in [0.3, 0.4) is 0 Å². The van der Waals surface area contributed by atoms with Gasteiger partial charge in [0.15, 0.2) is 0 Å². The Kier molecular flexibility index (Phi) is 8.24. The first kappa shape index (κ1) is 27.5. The maximum atomic E-state index is 11.9. The summed E-state index contributed by atoms with van der Waals surface area (Å²) in [5, 5.41) is 2.56. The highest BCUT2D eigenvalue weighted by Gasteiger charge is 2.31. The molecule has 6 rings (SSSR count). The van der Waals surface area contributed by atoms with Crippen LogP contribution >= 0.6 is 23.2 Å². The Hall–Kier alpha value is -4.07. The number of aromatic nitrogens is 3. The molecule has 3 heterocycles. The second-order valence-corrected chi connectivity index (χ2v) is 10.3. The van der Waals surface area contributed by atoms with Gasteiger partial charge in [-0.3, -0.25) is 9.78 Å². The smallest absolute Gasteiger partial charge is 0.241 e. The lowest BCUT2D eigenvalue weighted by molar-refractivity contribution is -0.120. The van der Waals surface area contributed by atoms with Gasteiger partial charge in [0.2, 0.25) is 12.3 Å². The van der Waals surface area contributed by atoms with Gasteiger partial charge in [0.1, 0.15) is 11.5 Å². The van der Waals surface area contributed by atoms with Crippen molar-refractivity contribution in [3.63, 3.8) is 0 Å². The van der Waals surface area contributed by atoms with Gasteiger partial charge in [-0.1, -0.05) is 35.3 Å². The molecule has 0 radical (unpaired) electrons. The molecule has 9 heteroatoms. The van der Waals surface area contributed by atoms with Crippen LogP contribution in [0.15, 0.2) is 72.9 Å². The summed E-state index contributed by atoms with van der Waals surface area (Å²) < 4.78 is 10.8. The van der Waals surface area contributed by atoms with Gasteiger partial charge in [-0.15, -0.1) is 0 Å². The number of fused-ring (bicyclic) bond motifs is 3. The average Bonchev–Trinajstić information content (AvgIpc) is 3.33. The van der Waals surface area contributed by atoms with Crippen LogP contribution in [0.1, 0.15) is 34.3 Å². The van der Waals surface area contributed by atoms with Crippen molar-refractivity contribution in [3.05, 3.63) is 111 Å². The van der Waals surface area contributed by atoms with E-state index in [4.69, 9.17) is 32.7 Å². The molecule has 0 spiro atoms. The van der Waals surface area contributed by atoms with Gasteiger partial charge in [0.05, 0.1) is 24.5 Å². The third-order valence-corrected chi connectivity index (χ3v) is 7.24. The van der Waals surface area contributed by atoms with Gasteiger partial charge in [-0.05, 0) is 86.0 Å². The second-order valence-electron chi connectivity index (χ2n) is 9.43. The molecule has 40 heavy (non-hydrogen) atoms. The molecule has 1 aliphatic heterocycles. The van der Waals surface area contributed by atoms with E-state index in [1.54, 1.807) is 25.4 Å². The van der Waals surface area contributed by atoms with Gasteiger partial charge in [-0.2, -0.15) is 0 Å². The Morgan fingerprint density at radius 2 is 1.68 bits per heavy atom. The number of benzene rings is 3. The summed E-state index contributed by atoms with van der Waals surface area (Å²) in [4.78, 5) is 25.9. The lowest BCUT2D eigenvalue weighted by Crippen LogP contribution is -2.34. The maximum Gasteiger partial charge on any atom is 0.241 e. The van der Waals surface area contributed by atoms with Crippen LogP contribution < -0.4 is 9.47 Å². The first-order valence-corrected chi connectivity index (χ1v) is 13.5. The highest BCUT2D eigenvalue weighted by atomic mass is 35.5. The zero-order chi connectivity index (χ0) is 28.2. The molecule has 1 amide bonds. The molecule has 2 aromatic heterocycles. The van der Waals surface area contributed by atoms with E-state index >= 15 is 0 Å². The Bertz CT molecular complexity index is 1640. The number of hydrogen-bond acceptors (Lipinski definition) is 5. The van der Waals surface area contributed by atoms with Gasteiger partial charge in [0.25, 0.3) is 0 Å². The summed E-state index contributed by atoms with van der Waals surface area (Å²) in [5.74, 6) is 2.00. The fraction of sp³-hybridized carbons (Fsp3) is 0.194. The number of methoxy groups -OCH3 is 1. The standard InChI is InChI=1S/C24H21ClN4O2.C7H7ClO/c1-14-12-26-15(2)24(27-14)31-18-6-3-16(4-7-18)23-22-19(9-10-29(23)13-30)20-11-17(25)5-8-21(20)28-22;1-9-7-4-2-6(8)3-5-7/h3-8,11-13,23,28H,9-10H2,1-2H3;2-5H,1H3/t23-;/m0./s1. The number of hydrogen-bond donors (Lipinski definition) is 1. The summed E-state index contributed by atoms with van der Waals surface area (Å²) in [6.07, 6.45) is 3.42. The van der Waals surface area contributed by atoms with Crippen LogP contribution in [0.2, 0.25) is 10.0 Å². The van der Waals surface area contributed by atoms with Gasteiger partial charge >= 0.3 is 0 Å². The first-order chi connectivity index (χ1) is 19.4. The number of nitrogens with zero attached hydrogens (tertiary/aromatic N) is 3. The van der Waals surface area contributed by atoms with Gasteiger partial charge < -0.3 is 19.4 Å². The molecule has 204 valence electrons. The quantitative estimate of drug-likeness (QED) is 0.220. The van der Waals surface area contributed by atoms with Crippen molar-refractivity contribution in [2.45, 2.75) is 26.3 Å². The van der Waals surface area contributed by atoms with E-state index in [0.717, 1.165) is 57.2 Å². The van der Waals surface area contributed by atoms with Gasteiger partial charge in [-0.25, -0.2) is 4.98 Å². The number of aromatic amines is 1. The number of amides is 1. The minimum atomic E-state index is -0.193. The van der Waals surface area contributed by atoms with E-state index < -0.39 is 0 Å². The van der Waals surface area contributed by atoms with Crippen LogP contribution in [0.5, 0.6) is 17.4 Å². The Morgan fingerprint density at radius 1 is 0.975 bits per heavy atom. The number of halogens is 2. The predicted octanol–water partition coefficient (Wildman–Crippen LogP) is 7.47. The van der Waals surface area contributed by atoms with Crippen LogP contribution in [-0.4, -0.2) is 39.9 Å². The number of nitrogens with one attached hydrogen (secondary N) is 1. The van der Waals surface area contributed by atoms with Crippen molar-refractivity contribution < 1.29 is 14.3 Å². The van der Waals surface area contributed by atoms with E-state index in [1.807, 2.05) is 73.3 Å². The third-order valence-electron chi connectivity index (χ3n) is 6.75. The van der Waals surface area contributed by atoms with Crippen molar-refractivity contribution >= 4 is 40.5 Å². The predicted molar refractivity (Wildman–Crippen MR) is 158 cm³/mol. The molecule has 0 bridgehead atoms. The summed E-state index contributed by atoms with van der Waals surface area (Å²) in [5.41, 5.74) is 5.81. The zero-order valence-electron chi connectivity index (χ0n) is 22.3. The monoisotopic (exact) mass is 574 g/mol. The van der Waals surface area contributed by atoms with Crippen molar-refractivity contribution in [1.29, 1.82) is 0 Å². The number of rotatable bonds is 5. The maximum absolute atomic E-state index is 11.9. The molecule has 0 unspecified atom stereocenters. The molecule has 7 nitrogen and oxygen atoms in total. The summed E-state index contributed by atoms with van der Waals surface area (Å²) in [7, 11) is 1.63.